The summed E-state index contributed by atoms with van der Waals surface area (Å²) in [5.74, 6) is -0.178. The molecule has 1 atom stereocenters. The van der Waals surface area contributed by atoms with Crippen LogP contribution in [0, 0.1) is 12.7 Å². The zero-order valence-corrected chi connectivity index (χ0v) is 12.2. The lowest BCUT2D eigenvalue weighted by Gasteiger charge is -2.23. The summed E-state index contributed by atoms with van der Waals surface area (Å²) in [5.41, 5.74) is 8.19. The molecule has 0 spiro atoms. The Morgan fingerprint density at radius 1 is 1.42 bits per heavy atom. The standard InChI is InChI=1S/C14H18FN3S/c1-9-6-10(4-5-12(9)15)13(18(2)3)14-17-11(7-16)8-19-14/h4-6,8,13H,7,16H2,1-3H3. The first-order valence-corrected chi connectivity index (χ1v) is 6.97. The number of thiazole rings is 1. The van der Waals surface area contributed by atoms with E-state index in [2.05, 4.69) is 9.88 Å². The molecule has 0 aliphatic rings. The molecule has 0 fully saturated rings. The molecule has 0 aliphatic carbocycles. The first-order chi connectivity index (χ1) is 9.02. The third-order valence-electron chi connectivity index (χ3n) is 3.03. The Kier molecular flexibility index (Phi) is 4.29. The van der Waals surface area contributed by atoms with Crippen LogP contribution in [0.2, 0.25) is 0 Å². The van der Waals surface area contributed by atoms with Crippen LogP contribution < -0.4 is 5.73 Å². The van der Waals surface area contributed by atoms with Crippen LogP contribution in [0.5, 0.6) is 0 Å². The predicted octanol–water partition coefficient (Wildman–Crippen LogP) is 2.70. The average molecular weight is 279 g/mol. The molecule has 0 saturated carbocycles. The summed E-state index contributed by atoms with van der Waals surface area (Å²) in [6, 6.07) is 5.24. The van der Waals surface area contributed by atoms with Gasteiger partial charge >= 0.3 is 0 Å². The monoisotopic (exact) mass is 279 g/mol. The fraction of sp³-hybridized carbons (Fsp3) is 0.357. The van der Waals surface area contributed by atoms with Crippen molar-refractivity contribution in [3.63, 3.8) is 0 Å². The molecule has 2 N–H and O–H groups in total. The van der Waals surface area contributed by atoms with Gasteiger partial charge in [-0.1, -0.05) is 12.1 Å². The molecular formula is C14H18FN3S. The zero-order chi connectivity index (χ0) is 14.0. The summed E-state index contributed by atoms with van der Waals surface area (Å²) in [6.45, 7) is 2.22. The minimum absolute atomic E-state index is 0.0320. The smallest absolute Gasteiger partial charge is 0.126 e. The highest BCUT2D eigenvalue weighted by atomic mass is 32.1. The Morgan fingerprint density at radius 3 is 2.68 bits per heavy atom. The van der Waals surface area contributed by atoms with E-state index in [0.29, 0.717) is 12.1 Å². The summed E-state index contributed by atoms with van der Waals surface area (Å²) in [4.78, 5) is 6.61. The Hall–Kier alpha value is -1.30. The van der Waals surface area contributed by atoms with Gasteiger partial charge in [0, 0.05) is 11.9 Å². The normalized spacial score (nSPS) is 12.9. The lowest BCUT2D eigenvalue weighted by molar-refractivity contribution is 0.340. The van der Waals surface area contributed by atoms with Gasteiger partial charge in [-0.25, -0.2) is 9.37 Å². The molecule has 3 nitrogen and oxygen atoms in total. The fourth-order valence-electron chi connectivity index (χ4n) is 2.04. The third-order valence-corrected chi connectivity index (χ3v) is 3.97. The molecule has 19 heavy (non-hydrogen) atoms. The van der Waals surface area contributed by atoms with Crippen molar-refractivity contribution in [2.45, 2.75) is 19.5 Å². The van der Waals surface area contributed by atoms with Crippen molar-refractivity contribution < 1.29 is 4.39 Å². The second-order valence-electron chi connectivity index (χ2n) is 4.76. The highest BCUT2D eigenvalue weighted by Crippen LogP contribution is 2.30. The van der Waals surface area contributed by atoms with Gasteiger partial charge in [-0.05, 0) is 38.2 Å². The van der Waals surface area contributed by atoms with E-state index in [-0.39, 0.29) is 11.9 Å². The number of benzene rings is 1. The minimum Gasteiger partial charge on any atom is -0.325 e. The lowest BCUT2D eigenvalue weighted by atomic mass is 10.0. The molecule has 2 rings (SSSR count). The van der Waals surface area contributed by atoms with Gasteiger partial charge in [0.1, 0.15) is 10.8 Å². The molecule has 102 valence electrons. The second-order valence-corrected chi connectivity index (χ2v) is 5.65. The summed E-state index contributed by atoms with van der Waals surface area (Å²) < 4.78 is 13.4. The van der Waals surface area contributed by atoms with Gasteiger partial charge in [0.15, 0.2) is 0 Å². The van der Waals surface area contributed by atoms with Gasteiger partial charge in [-0.2, -0.15) is 0 Å². The largest absolute Gasteiger partial charge is 0.325 e. The topological polar surface area (TPSA) is 42.1 Å². The van der Waals surface area contributed by atoms with Crippen molar-refractivity contribution in [3.05, 3.63) is 51.2 Å². The van der Waals surface area contributed by atoms with Gasteiger partial charge in [-0.3, -0.25) is 4.90 Å². The van der Waals surface area contributed by atoms with Crippen LogP contribution in [0.15, 0.2) is 23.6 Å². The van der Waals surface area contributed by atoms with E-state index in [1.54, 1.807) is 18.3 Å². The Balaban J connectivity index is 2.42. The molecule has 0 bridgehead atoms. The Bertz CT molecular complexity index is 566. The van der Waals surface area contributed by atoms with E-state index in [0.717, 1.165) is 16.3 Å². The quantitative estimate of drug-likeness (QED) is 0.935. The fourth-order valence-corrected chi connectivity index (χ4v) is 3.09. The van der Waals surface area contributed by atoms with Crippen LogP contribution >= 0.6 is 11.3 Å². The van der Waals surface area contributed by atoms with Crippen molar-refractivity contribution >= 4 is 11.3 Å². The van der Waals surface area contributed by atoms with E-state index in [4.69, 9.17) is 5.73 Å². The first-order valence-electron chi connectivity index (χ1n) is 6.09. The van der Waals surface area contributed by atoms with Crippen molar-refractivity contribution in [2.75, 3.05) is 14.1 Å². The molecule has 1 unspecified atom stereocenters. The maximum absolute atomic E-state index is 13.4. The van der Waals surface area contributed by atoms with Gasteiger partial charge in [-0.15, -0.1) is 11.3 Å². The van der Waals surface area contributed by atoms with Crippen LogP contribution in [-0.4, -0.2) is 24.0 Å². The molecule has 1 heterocycles. The summed E-state index contributed by atoms with van der Waals surface area (Å²) in [7, 11) is 3.99. The highest BCUT2D eigenvalue weighted by molar-refractivity contribution is 7.09. The maximum atomic E-state index is 13.4. The van der Waals surface area contributed by atoms with Crippen LogP contribution in [-0.2, 0) is 6.54 Å². The van der Waals surface area contributed by atoms with Gasteiger partial charge in [0.25, 0.3) is 0 Å². The highest BCUT2D eigenvalue weighted by Gasteiger charge is 2.20. The molecule has 0 saturated heterocycles. The first kappa shape index (κ1) is 14.1. The molecule has 1 aromatic heterocycles. The number of hydrogen-bond acceptors (Lipinski definition) is 4. The Labute approximate surface area is 116 Å². The molecule has 5 heteroatoms. The molecule has 0 aliphatic heterocycles. The van der Waals surface area contributed by atoms with Crippen molar-refractivity contribution in [3.8, 4) is 0 Å². The number of aryl methyl sites for hydroxylation is 1. The van der Waals surface area contributed by atoms with Crippen LogP contribution in [0.25, 0.3) is 0 Å². The van der Waals surface area contributed by atoms with Crippen LogP contribution in [0.1, 0.15) is 27.9 Å². The number of nitrogens with two attached hydrogens (primary N) is 1. The van der Waals surface area contributed by atoms with Crippen LogP contribution in [0.3, 0.4) is 0 Å². The van der Waals surface area contributed by atoms with Gasteiger partial charge < -0.3 is 5.73 Å². The van der Waals surface area contributed by atoms with Crippen LogP contribution in [0.4, 0.5) is 4.39 Å². The third kappa shape index (κ3) is 3.00. The van der Waals surface area contributed by atoms with Crippen molar-refractivity contribution in [1.29, 1.82) is 0 Å². The number of hydrogen-bond donors (Lipinski definition) is 1. The average Bonchev–Trinajstić information content (AvgIpc) is 2.82. The number of halogens is 1. The summed E-state index contributed by atoms with van der Waals surface area (Å²) in [6.07, 6.45) is 0. The molecule has 2 aromatic rings. The van der Waals surface area contributed by atoms with E-state index in [9.17, 15) is 4.39 Å². The SMILES string of the molecule is Cc1cc(C(c2nc(CN)cs2)N(C)C)ccc1F. The van der Waals surface area contributed by atoms with E-state index < -0.39 is 0 Å². The van der Waals surface area contributed by atoms with E-state index >= 15 is 0 Å². The minimum atomic E-state index is -0.178. The molecule has 0 radical (unpaired) electrons. The number of rotatable bonds is 4. The summed E-state index contributed by atoms with van der Waals surface area (Å²) in [5, 5.41) is 2.96. The molecule has 0 amide bonds. The van der Waals surface area contributed by atoms with E-state index in [1.807, 2.05) is 31.6 Å². The maximum Gasteiger partial charge on any atom is 0.126 e. The van der Waals surface area contributed by atoms with Gasteiger partial charge in [0.05, 0.1) is 11.7 Å². The Morgan fingerprint density at radius 2 is 2.16 bits per heavy atom. The predicted molar refractivity (Wildman–Crippen MR) is 76.7 cm³/mol. The van der Waals surface area contributed by atoms with Crippen molar-refractivity contribution in [2.24, 2.45) is 5.73 Å². The number of aromatic nitrogens is 1. The summed E-state index contributed by atoms with van der Waals surface area (Å²) >= 11 is 1.59. The molecule has 1 aromatic carbocycles. The van der Waals surface area contributed by atoms with Gasteiger partial charge in [0.2, 0.25) is 0 Å². The lowest BCUT2D eigenvalue weighted by Crippen LogP contribution is -2.21. The van der Waals surface area contributed by atoms with E-state index in [1.165, 1.54) is 6.07 Å². The number of nitrogens with zero attached hydrogens (tertiary/aromatic N) is 2. The zero-order valence-electron chi connectivity index (χ0n) is 11.4. The van der Waals surface area contributed by atoms with Crippen molar-refractivity contribution in [1.82, 2.24) is 9.88 Å². The second kappa shape index (κ2) is 5.77. The molecular weight excluding hydrogens is 261 g/mol.